The minimum absolute atomic E-state index is 0.136. The van der Waals surface area contributed by atoms with Gasteiger partial charge in [-0.1, -0.05) is 11.6 Å². The number of hydrogen-bond donors (Lipinski definition) is 2. The van der Waals surface area contributed by atoms with E-state index in [-0.39, 0.29) is 17.5 Å². The smallest absolute Gasteiger partial charge is 0.270 e. The standard InChI is InChI=1S/C12H14ClN3O2/c13-8-4-6-14-10(7-8)12(18)16-9-3-1-2-5-15-11(9)17/h4,6-7,9H,1-3,5H2,(H,15,17)(H,16,18)/t9-/m1/s1. The third kappa shape index (κ3) is 3.20. The van der Waals surface area contributed by atoms with Gasteiger partial charge in [-0.05, 0) is 31.4 Å². The molecule has 1 fully saturated rings. The molecule has 5 nitrogen and oxygen atoms in total. The minimum atomic E-state index is -0.485. The lowest BCUT2D eigenvalue weighted by Crippen LogP contribution is -2.45. The van der Waals surface area contributed by atoms with E-state index in [1.165, 1.54) is 12.3 Å². The average Bonchev–Trinajstić information content (AvgIpc) is 2.55. The van der Waals surface area contributed by atoms with Crippen molar-refractivity contribution in [2.24, 2.45) is 0 Å². The highest BCUT2D eigenvalue weighted by Crippen LogP contribution is 2.10. The zero-order chi connectivity index (χ0) is 13.0. The van der Waals surface area contributed by atoms with Crippen LogP contribution in [-0.4, -0.2) is 29.4 Å². The Kier molecular flexibility index (Phi) is 4.15. The molecule has 0 spiro atoms. The number of hydrogen-bond acceptors (Lipinski definition) is 3. The van der Waals surface area contributed by atoms with Crippen molar-refractivity contribution in [2.45, 2.75) is 25.3 Å². The quantitative estimate of drug-likeness (QED) is 0.844. The van der Waals surface area contributed by atoms with Crippen LogP contribution in [0.2, 0.25) is 5.02 Å². The predicted molar refractivity (Wildman–Crippen MR) is 67.4 cm³/mol. The van der Waals surface area contributed by atoms with Crippen LogP contribution >= 0.6 is 11.6 Å². The van der Waals surface area contributed by atoms with Gasteiger partial charge in [-0.2, -0.15) is 0 Å². The second kappa shape index (κ2) is 5.82. The Morgan fingerprint density at radius 3 is 3.11 bits per heavy atom. The summed E-state index contributed by atoms with van der Waals surface area (Å²) in [4.78, 5) is 27.5. The van der Waals surface area contributed by atoms with E-state index in [9.17, 15) is 9.59 Å². The molecule has 1 aromatic rings. The van der Waals surface area contributed by atoms with E-state index in [0.717, 1.165) is 12.8 Å². The fourth-order valence-corrected chi connectivity index (χ4v) is 2.00. The van der Waals surface area contributed by atoms with Crippen LogP contribution in [0.5, 0.6) is 0 Å². The molecule has 96 valence electrons. The van der Waals surface area contributed by atoms with Crippen molar-refractivity contribution in [3.8, 4) is 0 Å². The summed E-state index contributed by atoms with van der Waals surface area (Å²) in [7, 11) is 0. The lowest BCUT2D eigenvalue weighted by molar-refractivity contribution is -0.122. The van der Waals surface area contributed by atoms with E-state index in [1.54, 1.807) is 6.07 Å². The Bertz CT molecular complexity index is 464. The molecule has 0 aromatic carbocycles. The zero-order valence-corrected chi connectivity index (χ0v) is 10.5. The molecular weight excluding hydrogens is 254 g/mol. The van der Waals surface area contributed by atoms with Gasteiger partial charge < -0.3 is 10.6 Å². The molecule has 0 bridgehead atoms. The molecule has 2 N–H and O–H groups in total. The van der Waals surface area contributed by atoms with Gasteiger partial charge in [0.2, 0.25) is 5.91 Å². The molecule has 18 heavy (non-hydrogen) atoms. The van der Waals surface area contributed by atoms with Crippen LogP contribution in [0.4, 0.5) is 0 Å². The van der Waals surface area contributed by atoms with Crippen molar-refractivity contribution < 1.29 is 9.59 Å². The minimum Gasteiger partial charge on any atom is -0.354 e. The molecule has 0 radical (unpaired) electrons. The molecule has 1 saturated heterocycles. The Morgan fingerprint density at radius 1 is 1.50 bits per heavy atom. The molecule has 1 aromatic heterocycles. The SMILES string of the molecule is O=C(N[C@@H]1CCCCNC1=O)c1cc(Cl)ccn1. The molecular formula is C12H14ClN3O2. The molecule has 0 aliphatic carbocycles. The van der Waals surface area contributed by atoms with Crippen LogP contribution in [-0.2, 0) is 4.79 Å². The fourth-order valence-electron chi connectivity index (χ4n) is 1.84. The Balaban J connectivity index is 2.04. The van der Waals surface area contributed by atoms with Gasteiger partial charge in [0, 0.05) is 17.8 Å². The van der Waals surface area contributed by atoms with Gasteiger partial charge in [-0.15, -0.1) is 0 Å². The maximum absolute atomic E-state index is 11.9. The van der Waals surface area contributed by atoms with E-state index in [4.69, 9.17) is 11.6 Å². The monoisotopic (exact) mass is 267 g/mol. The molecule has 6 heteroatoms. The van der Waals surface area contributed by atoms with Crippen LogP contribution in [0.15, 0.2) is 18.3 Å². The summed E-state index contributed by atoms with van der Waals surface area (Å²) >= 11 is 5.79. The normalized spacial score (nSPS) is 19.8. The summed E-state index contributed by atoms with van der Waals surface area (Å²) in [6.07, 6.45) is 3.96. The summed E-state index contributed by atoms with van der Waals surface area (Å²) in [5.41, 5.74) is 0.222. The highest BCUT2D eigenvalue weighted by molar-refractivity contribution is 6.30. The molecule has 1 aliphatic rings. The highest BCUT2D eigenvalue weighted by Gasteiger charge is 2.23. The van der Waals surface area contributed by atoms with Crippen LogP contribution in [0, 0.1) is 0 Å². The van der Waals surface area contributed by atoms with E-state index < -0.39 is 6.04 Å². The Hall–Kier alpha value is -1.62. The second-order valence-corrected chi connectivity index (χ2v) is 4.61. The van der Waals surface area contributed by atoms with Crippen LogP contribution in [0.25, 0.3) is 0 Å². The first-order valence-electron chi connectivity index (χ1n) is 5.87. The second-order valence-electron chi connectivity index (χ2n) is 4.17. The number of amides is 2. The topological polar surface area (TPSA) is 71.1 Å². The number of carbonyl (C=O) groups is 2. The lowest BCUT2D eigenvalue weighted by Gasteiger charge is -2.14. The van der Waals surface area contributed by atoms with E-state index in [1.807, 2.05) is 0 Å². The Morgan fingerprint density at radius 2 is 2.33 bits per heavy atom. The first-order chi connectivity index (χ1) is 8.66. The molecule has 2 heterocycles. The lowest BCUT2D eigenvalue weighted by atomic mass is 10.1. The number of rotatable bonds is 2. The van der Waals surface area contributed by atoms with Crippen molar-refractivity contribution >= 4 is 23.4 Å². The summed E-state index contributed by atoms with van der Waals surface area (Å²) in [6, 6.07) is 2.59. The summed E-state index contributed by atoms with van der Waals surface area (Å²) in [5.74, 6) is -0.512. The molecule has 2 rings (SSSR count). The number of halogens is 1. The fraction of sp³-hybridized carbons (Fsp3) is 0.417. The predicted octanol–water partition coefficient (Wildman–Crippen LogP) is 1.13. The zero-order valence-electron chi connectivity index (χ0n) is 9.78. The van der Waals surface area contributed by atoms with Gasteiger partial charge in [-0.3, -0.25) is 14.6 Å². The van der Waals surface area contributed by atoms with E-state index in [2.05, 4.69) is 15.6 Å². The first kappa shape index (κ1) is 12.8. The van der Waals surface area contributed by atoms with Crippen LogP contribution in [0.1, 0.15) is 29.8 Å². The van der Waals surface area contributed by atoms with Crippen molar-refractivity contribution in [3.05, 3.63) is 29.0 Å². The highest BCUT2D eigenvalue weighted by atomic mass is 35.5. The third-order valence-electron chi connectivity index (χ3n) is 2.80. The number of nitrogens with zero attached hydrogens (tertiary/aromatic N) is 1. The van der Waals surface area contributed by atoms with Crippen molar-refractivity contribution in [3.63, 3.8) is 0 Å². The van der Waals surface area contributed by atoms with Crippen molar-refractivity contribution in [1.29, 1.82) is 0 Å². The van der Waals surface area contributed by atoms with Gasteiger partial charge in [0.15, 0.2) is 0 Å². The van der Waals surface area contributed by atoms with Crippen molar-refractivity contribution in [2.75, 3.05) is 6.54 Å². The summed E-state index contributed by atoms with van der Waals surface area (Å²) in [6.45, 7) is 0.667. The third-order valence-corrected chi connectivity index (χ3v) is 3.03. The number of nitrogens with one attached hydrogen (secondary N) is 2. The number of carbonyl (C=O) groups excluding carboxylic acids is 2. The molecule has 1 atom stereocenters. The first-order valence-corrected chi connectivity index (χ1v) is 6.25. The van der Waals surface area contributed by atoms with Gasteiger partial charge in [0.25, 0.3) is 5.91 Å². The van der Waals surface area contributed by atoms with Crippen molar-refractivity contribution in [1.82, 2.24) is 15.6 Å². The molecule has 1 aliphatic heterocycles. The number of pyridine rings is 1. The molecule has 0 unspecified atom stereocenters. The number of aromatic nitrogens is 1. The summed E-state index contributed by atoms with van der Waals surface area (Å²) in [5, 5.41) is 5.89. The molecule has 0 saturated carbocycles. The molecule has 2 amide bonds. The van der Waals surface area contributed by atoms with Crippen LogP contribution in [0.3, 0.4) is 0 Å². The van der Waals surface area contributed by atoms with Gasteiger partial charge in [0.1, 0.15) is 11.7 Å². The maximum atomic E-state index is 11.9. The summed E-state index contributed by atoms with van der Waals surface area (Å²) < 4.78 is 0. The van der Waals surface area contributed by atoms with Crippen LogP contribution < -0.4 is 10.6 Å². The van der Waals surface area contributed by atoms with E-state index in [0.29, 0.717) is 18.0 Å². The average molecular weight is 268 g/mol. The van der Waals surface area contributed by atoms with E-state index >= 15 is 0 Å². The van der Waals surface area contributed by atoms with Gasteiger partial charge in [-0.25, -0.2) is 0 Å². The largest absolute Gasteiger partial charge is 0.354 e. The van der Waals surface area contributed by atoms with Gasteiger partial charge in [0.05, 0.1) is 0 Å². The van der Waals surface area contributed by atoms with Gasteiger partial charge >= 0.3 is 0 Å². The Labute approximate surface area is 110 Å². The maximum Gasteiger partial charge on any atom is 0.270 e.